The largest absolute Gasteiger partial charge is 0.493 e. The molecule has 4 rings (SSSR count). The number of fused-ring (bicyclic) bond motifs is 1. The maximum Gasteiger partial charge on any atom is 0.328 e. The standard InChI is InChI=1S/C19H24BNO5/c1-21-9-8-18(12-4-5-13(23-2)14(10-12)24-3)6-7-19(11-15(18)21)25-16(20)17(22)26-19/h4-5,10,15-16H,6-9,11H2,1-3H3/t15-,16?,18-,19?/m0/s1. The fraction of sp³-hybridized carbons (Fsp3) is 0.632. The zero-order chi connectivity index (χ0) is 18.5. The topological polar surface area (TPSA) is 57.2 Å². The van der Waals surface area contributed by atoms with Gasteiger partial charge in [0.1, 0.15) is 13.8 Å². The normalized spacial score (nSPS) is 36.8. The molecule has 1 saturated carbocycles. The van der Waals surface area contributed by atoms with Crippen molar-refractivity contribution in [1.29, 1.82) is 0 Å². The zero-order valence-corrected chi connectivity index (χ0v) is 15.5. The van der Waals surface area contributed by atoms with Crippen LogP contribution in [0.4, 0.5) is 0 Å². The van der Waals surface area contributed by atoms with E-state index < -0.39 is 17.8 Å². The molecule has 7 heteroatoms. The molecule has 138 valence electrons. The molecule has 2 aliphatic heterocycles. The van der Waals surface area contributed by atoms with Gasteiger partial charge in [-0.05, 0) is 44.1 Å². The summed E-state index contributed by atoms with van der Waals surface area (Å²) in [5, 5.41) is 0. The molecule has 2 unspecified atom stereocenters. The van der Waals surface area contributed by atoms with Crippen LogP contribution in [0.2, 0.25) is 0 Å². The second kappa shape index (κ2) is 6.17. The predicted octanol–water partition coefficient (Wildman–Crippen LogP) is 1.59. The number of hydrogen-bond acceptors (Lipinski definition) is 6. The number of hydrogen-bond donors (Lipinski definition) is 0. The van der Waals surface area contributed by atoms with Crippen LogP contribution in [0, 0.1) is 0 Å². The zero-order valence-electron chi connectivity index (χ0n) is 15.5. The molecular formula is C19H24BNO5. The summed E-state index contributed by atoms with van der Waals surface area (Å²) in [5.41, 5.74) is 1.20. The number of nitrogens with zero attached hydrogens (tertiary/aromatic N) is 1. The third-order valence-electron chi connectivity index (χ3n) is 6.36. The molecule has 6 nitrogen and oxygen atoms in total. The van der Waals surface area contributed by atoms with E-state index in [4.69, 9.17) is 26.8 Å². The average molecular weight is 357 g/mol. The number of benzene rings is 1. The van der Waals surface area contributed by atoms with Gasteiger partial charge in [0, 0.05) is 24.3 Å². The van der Waals surface area contributed by atoms with E-state index >= 15 is 0 Å². The molecule has 2 radical (unpaired) electrons. The lowest BCUT2D eigenvalue weighted by Crippen LogP contribution is -2.53. The number of likely N-dealkylation sites (N-methyl/N-ethyl adjacent to an activating group) is 1. The molecule has 1 aromatic rings. The molecule has 1 aromatic carbocycles. The van der Waals surface area contributed by atoms with Crippen LogP contribution >= 0.6 is 0 Å². The number of carbonyl (C=O) groups excluding carboxylic acids is 1. The van der Waals surface area contributed by atoms with Crippen molar-refractivity contribution in [3.05, 3.63) is 23.8 Å². The van der Waals surface area contributed by atoms with Crippen molar-refractivity contribution < 1.29 is 23.7 Å². The van der Waals surface area contributed by atoms with Crippen LogP contribution in [0.5, 0.6) is 11.5 Å². The Kier molecular flexibility index (Phi) is 4.19. The minimum Gasteiger partial charge on any atom is -0.493 e. The minimum absolute atomic E-state index is 0.0258. The van der Waals surface area contributed by atoms with Gasteiger partial charge in [0.15, 0.2) is 11.5 Å². The van der Waals surface area contributed by atoms with E-state index in [0.29, 0.717) is 12.8 Å². The number of likely N-dealkylation sites (tertiary alicyclic amines) is 1. The van der Waals surface area contributed by atoms with Gasteiger partial charge < -0.3 is 23.8 Å². The van der Waals surface area contributed by atoms with E-state index in [1.807, 2.05) is 6.07 Å². The van der Waals surface area contributed by atoms with Crippen LogP contribution in [-0.2, 0) is 19.7 Å². The first kappa shape index (κ1) is 17.7. The lowest BCUT2D eigenvalue weighted by molar-refractivity contribution is -0.200. The number of esters is 1. The minimum atomic E-state index is -0.977. The Hall–Kier alpha value is -1.73. The Morgan fingerprint density at radius 1 is 1.19 bits per heavy atom. The number of carbonyl (C=O) groups is 1. The summed E-state index contributed by atoms with van der Waals surface area (Å²) < 4.78 is 22.2. The third kappa shape index (κ3) is 2.52. The van der Waals surface area contributed by atoms with Gasteiger partial charge >= 0.3 is 5.97 Å². The van der Waals surface area contributed by atoms with Gasteiger partial charge in [-0.3, -0.25) is 4.79 Å². The molecule has 0 amide bonds. The van der Waals surface area contributed by atoms with Crippen molar-refractivity contribution in [3.63, 3.8) is 0 Å². The molecule has 4 atom stereocenters. The first-order chi connectivity index (χ1) is 12.4. The van der Waals surface area contributed by atoms with Crippen LogP contribution in [0.3, 0.4) is 0 Å². The van der Waals surface area contributed by atoms with Gasteiger partial charge in [0.2, 0.25) is 5.79 Å². The van der Waals surface area contributed by atoms with Crippen molar-refractivity contribution in [2.75, 3.05) is 27.8 Å². The number of ether oxygens (including phenoxy) is 4. The van der Waals surface area contributed by atoms with Crippen LogP contribution in [0.25, 0.3) is 0 Å². The summed E-state index contributed by atoms with van der Waals surface area (Å²) in [4.78, 5) is 14.1. The van der Waals surface area contributed by atoms with E-state index in [1.54, 1.807) is 14.2 Å². The molecule has 3 aliphatic rings. The Balaban J connectivity index is 1.69. The quantitative estimate of drug-likeness (QED) is 0.605. The highest BCUT2D eigenvalue weighted by atomic mass is 16.8. The van der Waals surface area contributed by atoms with Gasteiger partial charge in [-0.25, -0.2) is 0 Å². The van der Waals surface area contributed by atoms with Gasteiger partial charge in [0.05, 0.1) is 14.2 Å². The van der Waals surface area contributed by atoms with Crippen molar-refractivity contribution in [3.8, 4) is 11.5 Å². The highest BCUT2D eigenvalue weighted by Crippen LogP contribution is 2.54. The van der Waals surface area contributed by atoms with Crippen molar-refractivity contribution in [2.24, 2.45) is 0 Å². The summed E-state index contributed by atoms with van der Waals surface area (Å²) in [7, 11) is 11.1. The molecule has 0 N–H and O–H groups in total. The van der Waals surface area contributed by atoms with Gasteiger partial charge in [-0.1, -0.05) is 6.07 Å². The van der Waals surface area contributed by atoms with Crippen LogP contribution in [-0.4, -0.2) is 64.4 Å². The highest BCUT2D eigenvalue weighted by molar-refractivity contribution is 6.22. The second-order valence-corrected chi connectivity index (χ2v) is 7.55. The molecule has 2 heterocycles. The van der Waals surface area contributed by atoms with Gasteiger partial charge in [-0.15, -0.1) is 0 Å². The summed E-state index contributed by atoms with van der Waals surface area (Å²) in [6, 6.07) is 5.39. The maximum atomic E-state index is 11.8. The van der Waals surface area contributed by atoms with E-state index in [-0.39, 0.29) is 11.5 Å². The number of rotatable bonds is 3. The van der Waals surface area contributed by atoms with E-state index in [2.05, 4.69) is 24.1 Å². The maximum absolute atomic E-state index is 11.8. The summed E-state index contributed by atoms with van der Waals surface area (Å²) >= 11 is 0. The lowest BCUT2D eigenvalue weighted by atomic mass is 9.64. The molecule has 1 aliphatic carbocycles. The summed E-state index contributed by atoms with van der Waals surface area (Å²) in [5.74, 6) is 0.101. The van der Waals surface area contributed by atoms with E-state index in [9.17, 15) is 4.79 Å². The first-order valence-corrected chi connectivity index (χ1v) is 9.02. The van der Waals surface area contributed by atoms with Gasteiger partial charge in [-0.2, -0.15) is 0 Å². The van der Waals surface area contributed by atoms with Crippen LogP contribution < -0.4 is 9.47 Å². The molecular weight excluding hydrogens is 333 g/mol. The highest BCUT2D eigenvalue weighted by Gasteiger charge is 2.59. The van der Waals surface area contributed by atoms with Crippen LogP contribution in [0.1, 0.15) is 31.2 Å². The third-order valence-corrected chi connectivity index (χ3v) is 6.36. The predicted molar refractivity (Wildman–Crippen MR) is 95.6 cm³/mol. The van der Waals surface area contributed by atoms with E-state index in [1.165, 1.54) is 5.56 Å². The van der Waals surface area contributed by atoms with E-state index in [0.717, 1.165) is 30.9 Å². The smallest absolute Gasteiger partial charge is 0.328 e. The Morgan fingerprint density at radius 2 is 1.96 bits per heavy atom. The molecule has 1 spiro atoms. The molecule has 0 bridgehead atoms. The summed E-state index contributed by atoms with van der Waals surface area (Å²) in [6.45, 7) is 0.981. The molecule has 26 heavy (non-hydrogen) atoms. The fourth-order valence-corrected chi connectivity index (χ4v) is 4.94. The second-order valence-electron chi connectivity index (χ2n) is 7.55. The summed E-state index contributed by atoms with van der Waals surface area (Å²) in [6.07, 6.45) is 3.17. The van der Waals surface area contributed by atoms with Crippen molar-refractivity contribution in [1.82, 2.24) is 4.90 Å². The Morgan fingerprint density at radius 3 is 2.62 bits per heavy atom. The Bertz CT molecular complexity index is 728. The molecule has 3 fully saturated rings. The SMILES string of the molecule is [B]C1OC2(CC[C@@]3(c4ccc(OC)c(OC)c4)CCN(C)[C@H]3C2)OC1=O. The lowest BCUT2D eigenvalue weighted by Gasteiger charge is -2.47. The first-order valence-electron chi connectivity index (χ1n) is 9.02. The monoisotopic (exact) mass is 357 g/mol. The van der Waals surface area contributed by atoms with Gasteiger partial charge in [0.25, 0.3) is 0 Å². The van der Waals surface area contributed by atoms with Crippen molar-refractivity contribution >= 4 is 13.8 Å². The fourth-order valence-electron chi connectivity index (χ4n) is 4.94. The molecule has 2 saturated heterocycles. The van der Waals surface area contributed by atoms with Crippen LogP contribution in [0.15, 0.2) is 18.2 Å². The average Bonchev–Trinajstić information content (AvgIpc) is 3.12. The van der Waals surface area contributed by atoms with Crippen molar-refractivity contribution in [2.45, 2.75) is 48.9 Å². The molecule has 0 aromatic heterocycles. The number of methoxy groups -OCH3 is 2. The Labute approximate surface area is 155 Å².